The van der Waals surface area contributed by atoms with Gasteiger partial charge in [-0.25, -0.2) is 4.98 Å². The molecule has 0 fully saturated rings. The van der Waals surface area contributed by atoms with Crippen LogP contribution in [-0.4, -0.2) is 15.0 Å². The first-order valence-corrected chi connectivity index (χ1v) is 27.5. The summed E-state index contributed by atoms with van der Waals surface area (Å²) in [5, 5.41) is 7.73. The van der Waals surface area contributed by atoms with Crippen LogP contribution in [0, 0.1) is 6.92 Å². The molecule has 2 heterocycles. The summed E-state index contributed by atoms with van der Waals surface area (Å²) in [5.41, 5.74) is 18.8. The van der Waals surface area contributed by atoms with Crippen LogP contribution in [0.1, 0.15) is 30.5 Å². The lowest BCUT2D eigenvalue weighted by molar-refractivity contribution is 0.660. The number of hydrogen-bond donors (Lipinski definition) is 0. The van der Waals surface area contributed by atoms with Crippen LogP contribution in [0.2, 0.25) is 0 Å². The summed E-state index contributed by atoms with van der Waals surface area (Å²) in [6, 6.07) is 90.3. The van der Waals surface area contributed by atoms with Crippen LogP contribution in [-0.2, 0) is 5.41 Å². The molecule has 5 heteroatoms. The Balaban J connectivity index is 0.977. The van der Waals surface area contributed by atoms with Crippen molar-refractivity contribution >= 4 is 61.4 Å². The first kappa shape index (κ1) is 45.9. The van der Waals surface area contributed by atoms with E-state index in [4.69, 9.17) is 15.0 Å². The molecule has 0 N–H and O–H groups in total. The van der Waals surface area contributed by atoms with Gasteiger partial charge in [-0.3, -0.25) is 4.90 Å². The van der Waals surface area contributed by atoms with Gasteiger partial charge >= 0.3 is 0 Å². The summed E-state index contributed by atoms with van der Waals surface area (Å²) < 4.78 is 0. The molecule has 368 valence electrons. The maximum absolute atomic E-state index is 5.65. The number of rotatable bonds is 7. The Kier molecular flexibility index (Phi) is 10.7. The number of anilines is 3. The summed E-state index contributed by atoms with van der Waals surface area (Å²) in [6.07, 6.45) is 0. The smallest absolute Gasteiger partial charge is 0.238 e. The molecule has 0 atom stereocenters. The predicted octanol–water partition coefficient (Wildman–Crippen LogP) is 19.9. The minimum Gasteiger partial charge on any atom is -0.277 e. The molecule has 1 aliphatic carbocycles. The molecule has 13 aromatic rings. The van der Waals surface area contributed by atoms with E-state index in [1.54, 1.807) is 0 Å². The van der Waals surface area contributed by atoms with Crippen LogP contribution in [0.5, 0.6) is 0 Å². The molecule has 0 saturated carbocycles. The van der Waals surface area contributed by atoms with Gasteiger partial charge in [0.1, 0.15) is 0 Å². The Morgan fingerprint density at radius 1 is 0.321 bits per heavy atom. The number of nitrogens with zero attached hydrogens (tertiary/aromatic N) is 4. The van der Waals surface area contributed by atoms with E-state index in [1.165, 1.54) is 60.1 Å². The summed E-state index contributed by atoms with van der Waals surface area (Å²) in [6.45, 7) is 6.98. The maximum Gasteiger partial charge on any atom is 0.238 e. The molecular weight excluding hydrogens is 965 g/mol. The summed E-state index contributed by atoms with van der Waals surface area (Å²) >= 11 is 1.82. The van der Waals surface area contributed by atoms with Crippen molar-refractivity contribution in [2.75, 3.05) is 4.90 Å². The Morgan fingerprint density at radius 3 is 1.28 bits per heavy atom. The summed E-state index contributed by atoms with van der Waals surface area (Å²) in [5.74, 6) is 1.72. The molecule has 0 spiro atoms. The number of para-hydroxylation sites is 1. The van der Waals surface area contributed by atoms with Gasteiger partial charge in [0.05, 0.1) is 11.4 Å². The molecule has 0 radical (unpaired) electrons. The molecule has 0 bridgehead atoms. The molecule has 78 heavy (non-hydrogen) atoms. The fourth-order valence-corrected chi connectivity index (χ4v) is 13.3. The fourth-order valence-electron chi connectivity index (χ4n) is 12.2. The first-order valence-electron chi connectivity index (χ1n) is 26.7. The first-order chi connectivity index (χ1) is 38.3. The van der Waals surface area contributed by atoms with E-state index < -0.39 is 0 Å². The number of fused-ring (bicyclic) bond motifs is 11. The lowest BCUT2D eigenvalue weighted by Crippen LogP contribution is -2.20. The van der Waals surface area contributed by atoms with Gasteiger partial charge in [-0.15, -0.1) is 0 Å². The van der Waals surface area contributed by atoms with Gasteiger partial charge < -0.3 is 0 Å². The molecule has 15 rings (SSSR count). The van der Waals surface area contributed by atoms with E-state index in [-0.39, 0.29) is 5.41 Å². The zero-order valence-corrected chi connectivity index (χ0v) is 44.2. The van der Waals surface area contributed by atoms with Crippen molar-refractivity contribution in [2.45, 2.75) is 36.0 Å². The Morgan fingerprint density at radius 2 is 0.744 bits per heavy atom. The maximum atomic E-state index is 5.65. The lowest BCUT2D eigenvalue weighted by atomic mass is 9.81. The van der Waals surface area contributed by atoms with Crippen LogP contribution < -0.4 is 4.90 Å². The second kappa shape index (κ2) is 18.1. The van der Waals surface area contributed by atoms with Gasteiger partial charge in [0.15, 0.2) is 11.6 Å². The molecule has 2 aliphatic rings. The van der Waals surface area contributed by atoms with Gasteiger partial charge in [-0.05, 0) is 179 Å². The number of benzene rings is 12. The second-order valence-electron chi connectivity index (χ2n) is 21.3. The molecule has 0 unspecified atom stereocenters. The minimum absolute atomic E-state index is 0.323. The Hall–Kier alpha value is -9.42. The zero-order chi connectivity index (χ0) is 52.1. The van der Waals surface area contributed by atoms with Crippen molar-refractivity contribution < 1.29 is 0 Å². The highest BCUT2D eigenvalue weighted by atomic mass is 32.2. The number of aryl methyl sites for hydroxylation is 1. The van der Waals surface area contributed by atoms with Gasteiger partial charge in [-0.2, -0.15) is 9.97 Å². The van der Waals surface area contributed by atoms with E-state index in [9.17, 15) is 0 Å². The standard InChI is InChI=1S/C73H50N4S/c1-45-32-33-58-59(34-45)56-28-16-17-29-57(56)60-41-62-63-43-69-67(44-65(63)73(2,3)64(62)42-61(58)60)77(66-30-18-19-31-68(66)78-69)72-75-70(54-37-50(46-20-8-4-9-21-46)35-51(38-54)47-22-10-5-11-23-47)74-71(76-72)55-39-52(48-24-12-6-13-25-48)36-53(40-55)49-26-14-7-15-27-49/h4-44H,1-3H3. The normalized spacial score (nSPS) is 13.1. The highest BCUT2D eigenvalue weighted by Gasteiger charge is 2.39. The van der Waals surface area contributed by atoms with Gasteiger partial charge in [-0.1, -0.05) is 207 Å². The van der Waals surface area contributed by atoms with Crippen molar-refractivity contribution in [1.82, 2.24) is 15.0 Å². The van der Waals surface area contributed by atoms with Gasteiger partial charge in [0.25, 0.3) is 0 Å². The Labute approximate surface area is 458 Å². The van der Waals surface area contributed by atoms with Crippen LogP contribution in [0.25, 0.3) is 111 Å². The van der Waals surface area contributed by atoms with Gasteiger partial charge in [0, 0.05) is 26.3 Å². The van der Waals surface area contributed by atoms with E-state index in [0.717, 1.165) is 76.8 Å². The van der Waals surface area contributed by atoms with E-state index in [0.29, 0.717) is 17.6 Å². The molecule has 12 aromatic carbocycles. The van der Waals surface area contributed by atoms with E-state index in [1.807, 2.05) is 11.8 Å². The molecular formula is C73H50N4S. The minimum atomic E-state index is -0.323. The average Bonchev–Trinajstić information content (AvgIpc) is 3.96. The molecule has 1 aliphatic heterocycles. The van der Waals surface area contributed by atoms with E-state index in [2.05, 4.69) is 274 Å². The second-order valence-corrected chi connectivity index (χ2v) is 22.4. The highest BCUT2D eigenvalue weighted by Crippen LogP contribution is 2.58. The summed E-state index contributed by atoms with van der Waals surface area (Å²) in [7, 11) is 0. The average molecular weight is 1020 g/mol. The largest absolute Gasteiger partial charge is 0.277 e. The fraction of sp³-hybridized carbons (Fsp3) is 0.0548. The van der Waals surface area contributed by atoms with Crippen molar-refractivity contribution in [3.63, 3.8) is 0 Å². The van der Waals surface area contributed by atoms with Crippen molar-refractivity contribution in [3.8, 4) is 78.4 Å². The quantitative estimate of drug-likeness (QED) is 0.149. The van der Waals surface area contributed by atoms with Gasteiger partial charge in [0.2, 0.25) is 5.95 Å². The molecule has 0 amide bonds. The molecule has 4 nitrogen and oxygen atoms in total. The van der Waals surface area contributed by atoms with Crippen molar-refractivity contribution in [2.24, 2.45) is 0 Å². The van der Waals surface area contributed by atoms with Crippen molar-refractivity contribution in [1.29, 1.82) is 0 Å². The number of aromatic nitrogens is 3. The summed E-state index contributed by atoms with van der Waals surface area (Å²) in [4.78, 5) is 21.4. The monoisotopic (exact) mass is 1010 g/mol. The third kappa shape index (κ3) is 7.64. The van der Waals surface area contributed by atoms with E-state index >= 15 is 0 Å². The third-order valence-electron chi connectivity index (χ3n) is 16.1. The van der Waals surface area contributed by atoms with Crippen molar-refractivity contribution in [3.05, 3.63) is 265 Å². The number of hydrogen-bond acceptors (Lipinski definition) is 5. The van der Waals surface area contributed by atoms with Crippen LogP contribution >= 0.6 is 11.8 Å². The predicted molar refractivity (Wildman–Crippen MR) is 326 cm³/mol. The molecule has 1 aromatic heterocycles. The van der Waals surface area contributed by atoms with Crippen LogP contribution in [0.15, 0.2) is 259 Å². The topological polar surface area (TPSA) is 41.9 Å². The van der Waals surface area contributed by atoms with Crippen LogP contribution in [0.4, 0.5) is 17.3 Å². The highest BCUT2D eigenvalue weighted by molar-refractivity contribution is 7.99. The Bertz CT molecular complexity index is 4290. The third-order valence-corrected chi connectivity index (χ3v) is 17.2. The molecule has 0 saturated heterocycles. The lowest BCUT2D eigenvalue weighted by Gasteiger charge is -2.33. The zero-order valence-electron chi connectivity index (χ0n) is 43.4. The SMILES string of the molecule is Cc1ccc2c(c1)c1ccccc1c1cc3c(cc21)C(C)(C)c1cc2c(cc1-3)Sc1ccccc1N2c1nc(-c2cc(-c3ccccc3)cc(-c3ccccc3)c2)nc(-c2cc(-c3ccccc3)cc(-c3ccccc3)c2)n1. The van der Waals surface area contributed by atoms with Crippen LogP contribution in [0.3, 0.4) is 0 Å².